The highest BCUT2D eigenvalue weighted by Gasteiger charge is 2.54. The fourth-order valence-electron chi connectivity index (χ4n) is 4.35. The van der Waals surface area contributed by atoms with Gasteiger partial charge in [-0.25, -0.2) is 18.6 Å². The zero-order valence-electron chi connectivity index (χ0n) is 15.4. The summed E-state index contributed by atoms with van der Waals surface area (Å²) in [6.07, 6.45) is 1.22. The van der Waals surface area contributed by atoms with Crippen LogP contribution in [0.2, 0.25) is 0 Å². The number of anilines is 2. The van der Waals surface area contributed by atoms with Crippen LogP contribution in [0, 0.1) is 17.0 Å². The number of carbonyl (C=O) groups excluding carboxylic acids is 1. The van der Waals surface area contributed by atoms with Crippen LogP contribution in [-0.4, -0.2) is 54.7 Å². The first-order chi connectivity index (χ1) is 13.4. The molecule has 4 heterocycles. The number of nitrogens with zero attached hydrogens (tertiary/aromatic N) is 4. The van der Waals surface area contributed by atoms with Crippen molar-refractivity contribution in [1.82, 2.24) is 9.88 Å². The molecule has 1 aromatic carbocycles. The molecular weight excluding hydrogens is 366 g/mol. The van der Waals surface area contributed by atoms with Gasteiger partial charge in [-0.2, -0.15) is 0 Å². The predicted octanol–water partition coefficient (Wildman–Crippen LogP) is 2.89. The summed E-state index contributed by atoms with van der Waals surface area (Å²) in [7, 11) is 0. The first kappa shape index (κ1) is 17.2. The monoisotopic (exact) mass is 386 g/mol. The summed E-state index contributed by atoms with van der Waals surface area (Å²) in [6.45, 7) is 5.20. The molecule has 2 fully saturated rings. The molecule has 0 bridgehead atoms. The van der Waals surface area contributed by atoms with Gasteiger partial charge in [0.05, 0.1) is 17.9 Å². The Balaban J connectivity index is 1.25. The Kier molecular flexibility index (Phi) is 3.72. The number of rotatable bonds is 1. The largest absolute Gasteiger partial charge is 0.489 e. The Bertz CT molecular complexity index is 922. The summed E-state index contributed by atoms with van der Waals surface area (Å²) in [6, 6.07) is 7.14. The molecule has 8 heteroatoms. The van der Waals surface area contributed by atoms with Gasteiger partial charge >= 0.3 is 6.03 Å². The molecule has 3 aliphatic rings. The number of fused-ring (bicyclic) bond motifs is 1. The van der Waals surface area contributed by atoms with Gasteiger partial charge in [-0.1, -0.05) is 0 Å². The molecule has 2 amide bonds. The maximum Gasteiger partial charge on any atom is 0.325 e. The molecule has 2 aromatic rings. The quantitative estimate of drug-likeness (QED) is 0.756. The number of halogens is 2. The summed E-state index contributed by atoms with van der Waals surface area (Å²) >= 11 is 0. The third-order valence-electron chi connectivity index (χ3n) is 5.72. The minimum absolute atomic E-state index is 0.0763. The van der Waals surface area contributed by atoms with Gasteiger partial charge in [0.2, 0.25) is 0 Å². The van der Waals surface area contributed by atoms with Gasteiger partial charge in [-0.3, -0.25) is 4.90 Å². The van der Waals surface area contributed by atoms with E-state index in [1.165, 1.54) is 24.4 Å². The summed E-state index contributed by atoms with van der Waals surface area (Å²) in [4.78, 5) is 22.8. The first-order valence-corrected chi connectivity index (χ1v) is 9.31. The van der Waals surface area contributed by atoms with Crippen LogP contribution in [0.4, 0.5) is 25.1 Å². The van der Waals surface area contributed by atoms with Crippen molar-refractivity contribution in [2.45, 2.75) is 13.0 Å². The second-order valence-electron chi connectivity index (χ2n) is 7.97. The van der Waals surface area contributed by atoms with Crippen LogP contribution in [0.25, 0.3) is 0 Å². The van der Waals surface area contributed by atoms with Gasteiger partial charge in [-0.15, -0.1) is 0 Å². The van der Waals surface area contributed by atoms with E-state index in [9.17, 15) is 13.6 Å². The lowest BCUT2D eigenvalue weighted by Gasteiger charge is -2.61. The van der Waals surface area contributed by atoms with E-state index in [1.807, 2.05) is 11.8 Å². The van der Waals surface area contributed by atoms with Crippen LogP contribution in [0.3, 0.4) is 0 Å². The van der Waals surface area contributed by atoms with Crippen LogP contribution in [0.1, 0.15) is 6.92 Å². The van der Waals surface area contributed by atoms with E-state index >= 15 is 0 Å². The summed E-state index contributed by atoms with van der Waals surface area (Å²) in [5.41, 5.74) is 0.684. The van der Waals surface area contributed by atoms with Crippen LogP contribution in [-0.2, 0) is 0 Å². The van der Waals surface area contributed by atoms with Crippen molar-refractivity contribution in [3.8, 4) is 5.75 Å². The fraction of sp³-hybridized carbons (Fsp3) is 0.400. The number of pyridine rings is 1. The fourth-order valence-corrected chi connectivity index (χ4v) is 4.35. The number of hydrogen-bond acceptors (Lipinski definition) is 4. The number of amides is 2. The normalized spacial score (nSPS) is 22.2. The lowest BCUT2D eigenvalue weighted by atomic mass is 9.73. The van der Waals surface area contributed by atoms with Crippen molar-refractivity contribution in [2.75, 3.05) is 42.6 Å². The van der Waals surface area contributed by atoms with Gasteiger partial charge in [-0.05, 0) is 31.2 Å². The maximum atomic E-state index is 13.5. The number of carbonyl (C=O) groups is 1. The number of benzene rings is 1. The average Bonchev–Trinajstić information content (AvgIpc) is 2.60. The Morgan fingerprint density at radius 1 is 1.14 bits per heavy atom. The van der Waals surface area contributed by atoms with Crippen LogP contribution >= 0.6 is 0 Å². The van der Waals surface area contributed by atoms with Crippen molar-refractivity contribution in [1.29, 1.82) is 0 Å². The van der Waals surface area contributed by atoms with Crippen molar-refractivity contribution >= 4 is 17.5 Å². The number of ether oxygens (including phenoxy) is 1. The molecule has 1 aromatic heterocycles. The van der Waals surface area contributed by atoms with E-state index in [-0.39, 0.29) is 29.1 Å². The third kappa shape index (κ3) is 2.66. The van der Waals surface area contributed by atoms with Crippen LogP contribution in [0.15, 0.2) is 36.5 Å². The highest BCUT2D eigenvalue weighted by atomic mass is 19.1. The van der Waals surface area contributed by atoms with Crippen molar-refractivity contribution in [3.05, 3.63) is 48.2 Å². The molecule has 28 heavy (non-hydrogen) atoms. The number of hydrogen-bond donors (Lipinski definition) is 0. The third-order valence-corrected chi connectivity index (χ3v) is 5.72. The molecule has 146 valence electrons. The molecule has 1 spiro atoms. The second kappa shape index (κ2) is 6.05. The van der Waals surface area contributed by atoms with Gasteiger partial charge in [0, 0.05) is 37.7 Å². The van der Waals surface area contributed by atoms with Crippen molar-refractivity contribution < 1.29 is 18.3 Å². The molecule has 2 saturated heterocycles. The zero-order valence-corrected chi connectivity index (χ0v) is 15.4. The summed E-state index contributed by atoms with van der Waals surface area (Å²) in [5.74, 6) is 0.431. The van der Waals surface area contributed by atoms with Crippen molar-refractivity contribution in [3.63, 3.8) is 0 Å². The lowest BCUT2D eigenvalue weighted by Crippen LogP contribution is -2.74. The van der Waals surface area contributed by atoms with Gasteiger partial charge in [0.1, 0.15) is 29.8 Å². The Morgan fingerprint density at radius 2 is 1.89 bits per heavy atom. The highest BCUT2D eigenvalue weighted by molar-refractivity contribution is 5.95. The minimum Gasteiger partial charge on any atom is -0.489 e. The standard InChI is InChI=1S/C20H20F2N4O2/c1-13-8-28-17-6-14(21)2-4-16(17)26(13)19(27)25-11-20(12-25)9-24(10-20)18-5-3-15(22)7-23-18/h2-7,13H,8-12H2,1H3. The minimum atomic E-state index is -0.382. The average molecular weight is 386 g/mol. The Labute approximate surface area is 161 Å². The molecule has 1 unspecified atom stereocenters. The Morgan fingerprint density at radius 3 is 2.61 bits per heavy atom. The van der Waals surface area contributed by atoms with E-state index in [4.69, 9.17) is 4.74 Å². The molecule has 3 aliphatic heterocycles. The molecule has 5 rings (SSSR count). The Hall–Kier alpha value is -2.90. The smallest absolute Gasteiger partial charge is 0.325 e. The van der Waals surface area contributed by atoms with E-state index in [0.717, 1.165) is 18.9 Å². The number of urea groups is 1. The highest BCUT2D eigenvalue weighted by Crippen LogP contribution is 2.43. The molecule has 0 saturated carbocycles. The van der Waals surface area contributed by atoms with Gasteiger partial charge in [0.25, 0.3) is 0 Å². The first-order valence-electron chi connectivity index (χ1n) is 9.31. The van der Waals surface area contributed by atoms with E-state index in [2.05, 4.69) is 9.88 Å². The van der Waals surface area contributed by atoms with Gasteiger partial charge < -0.3 is 14.5 Å². The molecule has 6 nitrogen and oxygen atoms in total. The maximum absolute atomic E-state index is 13.5. The second-order valence-corrected chi connectivity index (χ2v) is 7.97. The summed E-state index contributed by atoms with van der Waals surface area (Å²) in [5, 5.41) is 0. The number of likely N-dealkylation sites (tertiary alicyclic amines) is 1. The number of aromatic nitrogens is 1. The summed E-state index contributed by atoms with van der Waals surface area (Å²) < 4.78 is 32.1. The molecule has 0 aliphatic carbocycles. The SMILES string of the molecule is CC1COc2cc(F)ccc2N1C(=O)N1CC2(C1)CN(c1ccc(F)cn1)C2. The molecule has 0 N–H and O–H groups in total. The molecular formula is C20H20F2N4O2. The zero-order chi connectivity index (χ0) is 19.5. The predicted molar refractivity (Wildman–Crippen MR) is 99.6 cm³/mol. The van der Waals surface area contributed by atoms with Crippen molar-refractivity contribution in [2.24, 2.45) is 5.41 Å². The van der Waals surface area contributed by atoms with E-state index in [0.29, 0.717) is 31.1 Å². The molecule has 0 radical (unpaired) electrons. The van der Waals surface area contributed by atoms with E-state index < -0.39 is 0 Å². The van der Waals surface area contributed by atoms with E-state index in [1.54, 1.807) is 17.0 Å². The lowest BCUT2D eigenvalue weighted by molar-refractivity contribution is 0.00856. The van der Waals surface area contributed by atoms with Crippen LogP contribution in [0.5, 0.6) is 5.75 Å². The molecule has 1 atom stereocenters. The topological polar surface area (TPSA) is 48.9 Å². The van der Waals surface area contributed by atoms with Gasteiger partial charge in [0.15, 0.2) is 0 Å². The van der Waals surface area contributed by atoms with Crippen LogP contribution < -0.4 is 14.5 Å².